The second kappa shape index (κ2) is 24.8. The van der Waals surface area contributed by atoms with Crippen molar-refractivity contribution >= 4 is 23.7 Å². The summed E-state index contributed by atoms with van der Waals surface area (Å²) in [6.45, 7) is 4.59. The number of amides is 3. The fraction of sp³-hybridized carbons (Fsp3) is 0.818. The minimum atomic E-state index is -0.693. The molecule has 5 N–H and O–H groups in total. The highest BCUT2D eigenvalue weighted by Gasteiger charge is 2.42. The van der Waals surface area contributed by atoms with E-state index in [9.17, 15) is 15.1 Å². The predicted octanol–water partition coefficient (Wildman–Crippen LogP) is 0.625. The lowest BCUT2D eigenvalue weighted by Gasteiger charge is -2.31. The molecule has 0 bridgehead atoms. The molecule has 0 spiro atoms. The van der Waals surface area contributed by atoms with Gasteiger partial charge < -0.3 is 45.1 Å². The van der Waals surface area contributed by atoms with Gasteiger partial charge in [0.05, 0.1) is 76.3 Å². The van der Waals surface area contributed by atoms with E-state index in [1.54, 1.807) is 9.36 Å². The summed E-state index contributed by atoms with van der Waals surface area (Å²) in [6.07, 6.45) is 8.79. The number of hydrogen-bond acceptors (Lipinski definition) is 14. The highest BCUT2D eigenvalue weighted by Crippen LogP contribution is 2.33. The number of rotatable bonds is 31. The van der Waals surface area contributed by atoms with E-state index >= 15 is 0 Å². The van der Waals surface area contributed by atoms with Gasteiger partial charge in [0.2, 0.25) is 5.91 Å². The third-order valence-electron chi connectivity index (χ3n) is 9.02. The molecule has 302 valence electrons. The average Bonchev–Trinajstić information content (AvgIpc) is 3.97. The molecule has 2 aromatic rings. The first-order valence-electron chi connectivity index (χ1n) is 18.7. The Hall–Kier alpha value is -3.56. The molecule has 2 fully saturated rings. The van der Waals surface area contributed by atoms with Gasteiger partial charge >= 0.3 is 6.03 Å². The molecule has 3 amide bonds. The van der Waals surface area contributed by atoms with Crippen LogP contribution in [0.15, 0.2) is 17.5 Å². The maximum absolute atomic E-state index is 12.1. The van der Waals surface area contributed by atoms with E-state index in [0.717, 1.165) is 25.0 Å². The first-order valence-corrected chi connectivity index (χ1v) is 19.8. The molecule has 54 heavy (non-hydrogen) atoms. The molecule has 0 aliphatic carbocycles. The summed E-state index contributed by atoms with van der Waals surface area (Å²) >= 11 is 1.89. The molecule has 0 saturated carbocycles. The molecule has 3 atom stereocenters. The van der Waals surface area contributed by atoms with Crippen molar-refractivity contribution in [2.24, 2.45) is 10.5 Å². The minimum Gasteiger partial charge on any atom is -0.396 e. The van der Waals surface area contributed by atoms with Crippen LogP contribution in [0.4, 0.5) is 4.79 Å². The van der Waals surface area contributed by atoms with Crippen LogP contribution < -0.4 is 16.0 Å². The van der Waals surface area contributed by atoms with Crippen LogP contribution in [-0.4, -0.2) is 154 Å². The number of aliphatic hydroxyl groups is 2. The summed E-state index contributed by atoms with van der Waals surface area (Å²) in [6, 6.07) is 0.356. The Balaban J connectivity index is 1.05. The van der Waals surface area contributed by atoms with E-state index in [2.05, 4.69) is 46.6 Å². The maximum atomic E-state index is 12.1. The number of nitrogens with one attached hydrogen (secondary N) is 3. The first-order chi connectivity index (χ1) is 26.4. The zero-order valence-corrected chi connectivity index (χ0v) is 31.7. The van der Waals surface area contributed by atoms with E-state index in [0.29, 0.717) is 115 Å². The summed E-state index contributed by atoms with van der Waals surface area (Å²) < 4.78 is 26.2. The molecule has 2 aromatic heterocycles. The van der Waals surface area contributed by atoms with Crippen molar-refractivity contribution in [1.82, 2.24) is 45.9 Å². The standard InChI is InChI=1S/C33H56N12O8S/c34-41-36-24-33(19-26-21-44(42-39-26)8-3-10-46,20-27-22-45(43-40-27)9-4-11-47)25-53-18-17-52-16-15-51-14-13-50-12-7-35-30(48)6-2-1-5-29-31-28(23-54-29)37-32(49)38-31/h21-22,28-29,31,46-47H,1-20,23-25H2,(H,35,48)(H2,37,38,49)/t28-,29-,31-/m0/s1. The average molecular weight is 781 g/mol. The molecular formula is C33H56N12O8S. The van der Waals surface area contributed by atoms with Gasteiger partial charge in [0.15, 0.2) is 0 Å². The van der Waals surface area contributed by atoms with Gasteiger partial charge in [-0.15, -0.1) is 10.2 Å². The fourth-order valence-corrected chi connectivity index (χ4v) is 7.91. The van der Waals surface area contributed by atoms with Crippen LogP contribution in [0.2, 0.25) is 0 Å². The molecule has 2 saturated heterocycles. The number of carbonyl (C=O) groups excluding carboxylic acids is 2. The van der Waals surface area contributed by atoms with Crippen molar-refractivity contribution in [2.45, 2.75) is 81.8 Å². The lowest BCUT2D eigenvalue weighted by molar-refractivity contribution is -0.121. The summed E-state index contributed by atoms with van der Waals surface area (Å²) in [5.41, 5.74) is 9.89. The highest BCUT2D eigenvalue weighted by atomic mass is 32.2. The number of carbonyl (C=O) groups is 2. The van der Waals surface area contributed by atoms with Gasteiger partial charge in [-0.1, -0.05) is 22.0 Å². The number of aliphatic hydroxyl groups excluding tert-OH is 2. The maximum Gasteiger partial charge on any atom is 0.315 e. The zero-order chi connectivity index (χ0) is 38.3. The van der Waals surface area contributed by atoms with Crippen molar-refractivity contribution in [3.8, 4) is 0 Å². The minimum absolute atomic E-state index is 0.0174. The monoisotopic (exact) mass is 780 g/mol. The van der Waals surface area contributed by atoms with Crippen LogP contribution in [0.3, 0.4) is 0 Å². The summed E-state index contributed by atoms with van der Waals surface area (Å²) in [7, 11) is 0. The van der Waals surface area contributed by atoms with Gasteiger partial charge in [0.1, 0.15) is 0 Å². The van der Waals surface area contributed by atoms with Crippen molar-refractivity contribution in [1.29, 1.82) is 0 Å². The molecule has 0 unspecified atom stereocenters. The molecule has 2 aliphatic rings. The Bertz CT molecular complexity index is 1380. The van der Waals surface area contributed by atoms with Gasteiger partial charge in [0.25, 0.3) is 0 Å². The number of aryl methyl sites for hydroxylation is 2. The van der Waals surface area contributed by atoms with Crippen molar-refractivity contribution in [2.75, 3.05) is 84.9 Å². The van der Waals surface area contributed by atoms with Gasteiger partial charge in [0, 0.05) is 92.4 Å². The largest absolute Gasteiger partial charge is 0.396 e. The van der Waals surface area contributed by atoms with E-state index in [1.807, 2.05) is 24.2 Å². The third-order valence-corrected chi connectivity index (χ3v) is 10.5. The third kappa shape index (κ3) is 15.7. The fourth-order valence-electron chi connectivity index (χ4n) is 6.37. The number of aromatic nitrogens is 6. The molecule has 4 heterocycles. The van der Waals surface area contributed by atoms with E-state index in [-0.39, 0.29) is 50.4 Å². The van der Waals surface area contributed by atoms with E-state index in [1.165, 1.54) is 0 Å². The Labute approximate surface area is 319 Å². The number of azide groups is 1. The van der Waals surface area contributed by atoms with Crippen molar-refractivity contribution < 1.29 is 38.7 Å². The van der Waals surface area contributed by atoms with Gasteiger partial charge in [-0.3, -0.25) is 14.2 Å². The van der Waals surface area contributed by atoms with Crippen molar-refractivity contribution in [3.05, 3.63) is 34.2 Å². The van der Waals surface area contributed by atoms with Crippen molar-refractivity contribution in [3.63, 3.8) is 0 Å². The molecule has 21 heteroatoms. The number of nitrogens with zero attached hydrogens (tertiary/aromatic N) is 9. The van der Waals surface area contributed by atoms with Crippen LogP contribution in [0.1, 0.15) is 49.9 Å². The smallest absolute Gasteiger partial charge is 0.315 e. The Morgan fingerprint density at radius 3 is 2.15 bits per heavy atom. The summed E-state index contributed by atoms with van der Waals surface area (Å²) in [5.74, 6) is 0.961. The molecule has 4 rings (SSSR count). The number of thioether (sulfide) groups is 1. The summed E-state index contributed by atoms with van der Waals surface area (Å²) in [4.78, 5) is 26.7. The van der Waals surface area contributed by atoms with Crippen LogP contribution in [0, 0.1) is 5.41 Å². The predicted molar refractivity (Wildman–Crippen MR) is 198 cm³/mol. The Morgan fingerprint density at radius 1 is 0.926 bits per heavy atom. The Kier molecular flexibility index (Phi) is 19.8. The normalized spacial score (nSPS) is 18.0. The number of hydrogen-bond donors (Lipinski definition) is 5. The molecule has 0 radical (unpaired) electrons. The topological polar surface area (TPSA) is 258 Å². The number of unbranched alkanes of at least 4 members (excludes halogenated alkanes) is 1. The lowest BCUT2D eigenvalue weighted by Crippen LogP contribution is -2.36. The lowest BCUT2D eigenvalue weighted by atomic mass is 9.80. The van der Waals surface area contributed by atoms with Crippen LogP contribution in [-0.2, 0) is 49.7 Å². The van der Waals surface area contributed by atoms with Gasteiger partial charge in [-0.05, 0) is 31.2 Å². The second-order valence-electron chi connectivity index (χ2n) is 13.5. The first kappa shape index (κ1) is 43.2. The number of urea groups is 1. The second-order valence-corrected chi connectivity index (χ2v) is 14.7. The molecule has 0 aromatic carbocycles. The van der Waals surface area contributed by atoms with Gasteiger partial charge in [-0.25, -0.2) is 4.79 Å². The highest BCUT2D eigenvalue weighted by molar-refractivity contribution is 8.00. The van der Waals surface area contributed by atoms with Gasteiger partial charge in [-0.2, -0.15) is 11.8 Å². The van der Waals surface area contributed by atoms with E-state index in [4.69, 9.17) is 29.2 Å². The quantitative estimate of drug-likeness (QED) is 0.0232. The molecule has 20 nitrogen and oxygen atoms in total. The Morgan fingerprint density at radius 2 is 1.54 bits per heavy atom. The molecule has 2 aliphatic heterocycles. The van der Waals surface area contributed by atoms with Crippen LogP contribution in [0.5, 0.6) is 0 Å². The molecular weight excluding hydrogens is 725 g/mol. The summed E-state index contributed by atoms with van der Waals surface area (Å²) in [5, 5.41) is 48.4. The number of fused-ring (bicyclic) bond motifs is 1. The SMILES string of the molecule is [N-]=[N+]=NCC(COCCOCCOCCOCCNC(=O)CCCC[C@@H]1SC[C@@H]2NC(=O)N[C@@H]21)(Cc1cn(CCCO)nn1)Cc1cn(CCCO)nn1. The number of ether oxygens (including phenoxy) is 4. The van der Waals surface area contributed by atoms with E-state index < -0.39 is 5.41 Å². The van der Waals surface area contributed by atoms with Crippen LogP contribution >= 0.6 is 11.8 Å². The van der Waals surface area contributed by atoms with Crippen LogP contribution in [0.25, 0.3) is 10.4 Å². The zero-order valence-electron chi connectivity index (χ0n) is 30.9.